The van der Waals surface area contributed by atoms with Crippen LogP contribution in [0.5, 0.6) is 0 Å². The zero-order valence-electron chi connectivity index (χ0n) is 7.03. The molecule has 2 N–H and O–H groups in total. The van der Waals surface area contributed by atoms with Crippen LogP contribution in [0.25, 0.3) is 11.0 Å². The zero-order valence-corrected chi connectivity index (χ0v) is 7.03. The van der Waals surface area contributed by atoms with E-state index in [-0.39, 0.29) is 5.56 Å². The number of aromatic carboxylic acids is 1. The van der Waals surface area contributed by atoms with Gasteiger partial charge in [0.15, 0.2) is 0 Å². The van der Waals surface area contributed by atoms with E-state index in [1.807, 2.05) is 6.07 Å². The van der Waals surface area contributed by atoms with Crippen molar-refractivity contribution in [3.05, 3.63) is 29.6 Å². The number of nitrogens with zero attached hydrogens (tertiary/aromatic N) is 1. The van der Waals surface area contributed by atoms with E-state index in [0.29, 0.717) is 0 Å². The van der Waals surface area contributed by atoms with Gasteiger partial charge in [-0.3, -0.25) is 0 Å². The summed E-state index contributed by atoms with van der Waals surface area (Å²) in [7, 11) is 0. The summed E-state index contributed by atoms with van der Waals surface area (Å²) in [5, 5.41) is 9.67. The number of pyridine rings is 1. The van der Waals surface area contributed by atoms with Crippen molar-refractivity contribution in [3.8, 4) is 0 Å². The molecule has 0 fully saturated rings. The van der Waals surface area contributed by atoms with Crippen LogP contribution < -0.4 is 0 Å². The maximum atomic E-state index is 10.7. The molecule has 2 heterocycles. The summed E-state index contributed by atoms with van der Waals surface area (Å²) < 4.78 is 0. The highest BCUT2D eigenvalue weighted by molar-refractivity contribution is 5.94. The number of hydrogen-bond donors (Lipinski definition) is 2. The molecule has 4 heteroatoms. The Morgan fingerprint density at radius 1 is 1.62 bits per heavy atom. The van der Waals surface area contributed by atoms with E-state index in [2.05, 4.69) is 9.97 Å². The molecule has 13 heavy (non-hydrogen) atoms. The number of carboxylic acids is 1. The molecule has 0 bridgehead atoms. The SMILES string of the molecule is Cc1c(C(=O)O)cnc2[nH]ccc12. The lowest BCUT2D eigenvalue weighted by Gasteiger charge is -2.00. The normalized spacial score (nSPS) is 10.5. The third-order valence-electron chi connectivity index (χ3n) is 2.09. The van der Waals surface area contributed by atoms with Crippen molar-refractivity contribution in [1.82, 2.24) is 9.97 Å². The van der Waals surface area contributed by atoms with Gasteiger partial charge in [0.05, 0.1) is 5.56 Å². The molecule has 0 amide bonds. The summed E-state index contributed by atoms with van der Waals surface area (Å²) in [5.41, 5.74) is 1.73. The highest BCUT2D eigenvalue weighted by Gasteiger charge is 2.10. The minimum absolute atomic E-state index is 0.257. The number of carboxylic acid groups (broad SMARTS) is 1. The molecule has 0 saturated carbocycles. The second kappa shape index (κ2) is 2.58. The Balaban J connectivity index is 2.80. The van der Waals surface area contributed by atoms with Crippen molar-refractivity contribution < 1.29 is 9.90 Å². The monoisotopic (exact) mass is 176 g/mol. The van der Waals surface area contributed by atoms with E-state index in [1.54, 1.807) is 13.1 Å². The van der Waals surface area contributed by atoms with Crippen molar-refractivity contribution in [2.24, 2.45) is 0 Å². The number of H-pyrrole nitrogens is 1. The van der Waals surface area contributed by atoms with Crippen molar-refractivity contribution in [2.75, 3.05) is 0 Å². The molecule has 0 unspecified atom stereocenters. The summed E-state index contributed by atoms with van der Waals surface area (Å²) in [6.07, 6.45) is 3.12. The summed E-state index contributed by atoms with van der Waals surface area (Å²) >= 11 is 0. The number of aryl methyl sites for hydroxylation is 1. The lowest BCUT2D eigenvalue weighted by Crippen LogP contribution is -2.00. The predicted molar refractivity (Wildman–Crippen MR) is 47.8 cm³/mol. The van der Waals surface area contributed by atoms with Gasteiger partial charge in [-0.2, -0.15) is 0 Å². The number of aromatic nitrogens is 2. The average molecular weight is 176 g/mol. The largest absolute Gasteiger partial charge is 0.478 e. The first-order valence-corrected chi connectivity index (χ1v) is 3.86. The molecule has 66 valence electrons. The molecule has 0 atom stereocenters. The van der Waals surface area contributed by atoms with Gasteiger partial charge in [-0.05, 0) is 18.6 Å². The number of fused-ring (bicyclic) bond motifs is 1. The van der Waals surface area contributed by atoms with Gasteiger partial charge < -0.3 is 10.1 Å². The molecule has 0 aliphatic carbocycles. The second-order valence-electron chi connectivity index (χ2n) is 2.84. The van der Waals surface area contributed by atoms with E-state index >= 15 is 0 Å². The standard InChI is InChI=1S/C9H8N2O2/c1-5-6-2-3-10-8(6)11-4-7(5)9(12)13/h2-4H,1H3,(H,10,11)(H,12,13). The van der Waals surface area contributed by atoms with E-state index in [4.69, 9.17) is 5.11 Å². The summed E-state index contributed by atoms with van der Waals surface area (Å²) in [4.78, 5) is 17.6. The van der Waals surface area contributed by atoms with Gasteiger partial charge in [-0.15, -0.1) is 0 Å². The Morgan fingerprint density at radius 2 is 2.38 bits per heavy atom. The number of rotatable bonds is 1. The summed E-state index contributed by atoms with van der Waals surface area (Å²) in [6, 6.07) is 1.82. The van der Waals surface area contributed by atoms with Crippen molar-refractivity contribution in [3.63, 3.8) is 0 Å². The summed E-state index contributed by atoms with van der Waals surface area (Å²) in [5.74, 6) is -0.937. The van der Waals surface area contributed by atoms with Gasteiger partial charge >= 0.3 is 5.97 Å². The van der Waals surface area contributed by atoms with Crippen molar-refractivity contribution in [1.29, 1.82) is 0 Å². The first kappa shape index (κ1) is 7.79. The first-order valence-electron chi connectivity index (χ1n) is 3.86. The molecule has 0 spiro atoms. The lowest BCUT2D eigenvalue weighted by molar-refractivity contribution is 0.0696. The van der Waals surface area contributed by atoms with Crippen LogP contribution >= 0.6 is 0 Å². The smallest absolute Gasteiger partial charge is 0.337 e. The topological polar surface area (TPSA) is 66.0 Å². The van der Waals surface area contributed by atoms with Gasteiger partial charge in [-0.1, -0.05) is 0 Å². The van der Waals surface area contributed by atoms with Crippen LogP contribution in [0.3, 0.4) is 0 Å². The number of aromatic amines is 1. The van der Waals surface area contributed by atoms with Crippen molar-refractivity contribution in [2.45, 2.75) is 6.92 Å². The third kappa shape index (κ3) is 1.07. The minimum Gasteiger partial charge on any atom is -0.478 e. The number of hydrogen-bond acceptors (Lipinski definition) is 2. The van der Waals surface area contributed by atoms with Gasteiger partial charge in [0.1, 0.15) is 5.65 Å². The molecule has 0 aromatic carbocycles. The fourth-order valence-electron chi connectivity index (χ4n) is 1.36. The molecule has 0 aliphatic heterocycles. The first-order chi connectivity index (χ1) is 6.20. The van der Waals surface area contributed by atoms with E-state index < -0.39 is 5.97 Å². The number of carbonyl (C=O) groups is 1. The molecular formula is C9H8N2O2. The van der Waals surface area contributed by atoms with Gasteiger partial charge in [-0.25, -0.2) is 9.78 Å². The van der Waals surface area contributed by atoms with Gasteiger partial charge in [0, 0.05) is 17.8 Å². The molecule has 0 saturated heterocycles. The quantitative estimate of drug-likeness (QED) is 0.693. The van der Waals surface area contributed by atoms with Gasteiger partial charge in [0.2, 0.25) is 0 Å². The lowest BCUT2D eigenvalue weighted by atomic mass is 10.1. The van der Waals surface area contributed by atoms with Crippen LogP contribution in [0.1, 0.15) is 15.9 Å². The van der Waals surface area contributed by atoms with Gasteiger partial charge in [0.25, 0.3) is 0 Å². The Labute approximate surface area is 74.2 Å². The van der Waals surface area contributed by atoms with Crippen LogP contribution in [-0.2, 0) is 0 Å². The molecular weight excluding hydrogens is 168 g/mol. The maximum Gasteiger partial charge on any atom is 0.337 e. The van der Waals surface area contributed by atoms with Crippen LogP contribution in [-0.4, -0.2) is 21.0 Å². The highest BCUT2D eigenvalue weighted by atomic mass is 16.4. The van der Waals surface area contributed by atoms with E-state index in [9.17, 15) is 4.79 Å². The van der Waals surface area contributed by atoms with Crippen LogP contribution in [0.2, 0.25) is 0 Å². The Hall–Kier alpha value is -1.84. The van der Waals surface area contributed by atoms with Crippen LogP contribution in [0.15, 0.2) is 18.5 Å². The minimum atomic E-state index is -0.937. The van der Waals surface area contributed by atoms with Crippen molar-refractivity contribution >= 4 is 17.0 Å². The van der Waals surface area contributed by atoms with Crippen LogP contribution in [0.4, 0.5) is 0 Å². The molecule has 4 nitrogen and oxygen atoms in total. The highest BCUT2D eigenvalue weighted by Crippen LogP contribution is 2.18. The molecule has 2 rings (SSSR count). The van der Waals surface area contributed by atoms with Crippen LogP contribution in [0, 0.1) is 6.92 Å². The Bertz CT molecular complexity index is 473. The molecule has 0 aliphatic rings. The van der Waals surface area contributed by atoms with E-state index in [1.165, 1.54) is 6.20 Å². The molecule has 2 aromatic heterocycles. The summed E-state index contributed by atoms with van der Waals surface area (Å²) in [6.45, 7) is 1.78. The average Bonchev–Trinajstić information content (AvgIpc) is 2.52. The number of nitrogens with one attached hydrogen (secondary N) is 1. The Kier molecular flexibility index (Phi) is 1.55. The predicted octanol–water partition coefficient (Wildman–Crippen LogP) is 1.57. The fourth-order valence-corrected chi connectivity index (χ4v) is 1.36. The molecule has 0 radical (unpaired) electrons. The maximum absolute atomic E-state index is 10.7. The Morgan fingerprint density at radius 3 is 3.08 bits per heavy atom. The fraction of sp³-hybridized carbons (Fsp3) is 0.111. The molecule has 2 aromatic rings. The van der Waals surface area contributed by atoms with E-state index in [0.717, 1.165) is 16.6 Å². The zero-order chi connectivity index (χ0) is 9.42. The second-order valence-corrected chi connectivity index (χ2v) is 2.84. The third-order valence-corrected chi connectivity index (χ3v) is 2.09.